The monoisotopic (exact) mass is 256 g/mol. The Morgan fingerprint density at radius 1 is 1.21 bits per heavy atom. The molecule has 3 heteroatoms. The van der Waals surface area contributed by atoms with Gasteiger partial charge in [0.05, 0.1) is 6.04 Å². The molecule has 0 aliphatic heterocycles. The van der Waals surface area contributed by atoms with E-state index in [0.717, 1.165) is 6.42 Å². The Hall–Kier alpha value is -1.87. The molecule has 0 aliphatic rings. The third-order valence-electron chi connectivity index (χ3n) is 3.36. The molecule has 0 bridgehead atoms. The number of hydrogen-bond donors (Lipinski definition) is 1. The summed E-state index contributed by atoms with van der Waals surface area (Å²) >= 11 is 0. The summed E-state index contributed by atoms with van der Waals surface area (Å²) in [6.45, 7) is 2.41. The predicted molar refractivity (Wildman–Crippen MR) is 78.9 cm³/mol. The first-order valence-electron chi connectivity index (χ1n) is 6.57. The van der Waals surface area contributed by atoms with Crippen LogP contribution in [-0.2, 0) is 11.2 Å². The molecule has 0 saturated carbocycles. The summed E-state index contributed by atoms with van der Waals surface area (Å²) in [6, 6.07) is 14.2. The predicted octanol–water partition coefficient (Wildman–Crippen LogP) is 2.19. The van der Waals surface area contributed by atoms with Crippen LogP contribution in [0.3, 0.4) is 0 Å². The molecule has 0 aromatic heterocycles. The fourth-order valence-corrected chi connectivity index (χ4v) is 2.26. The Morgan fingerprint density at radius 2 is 1.89 bits per heavy atom. The molecule has 2 aromatic rings. The number of carbonyl (C=O) groups excluding carboxylic acids is 1. The molecule has 0 spiro atoms. The van der Waals surface area contributed by atoms with Crippen LogP contribution in [0.25, 0.3) is 10.8 Å². The average Bonchev–Trinajstić information content (AvgIpc) is 2.43. The van der Waals surface area contributed by atoms with Crippen molar-refractivity contribution >= 4 is 16.7 Å². The molecular weight excluding hydrogens is 236 g/mol. The van der Waals surface area contributed by atoms with Gasteiger partial charge in [0.1, 0.15) is 0 Å². The van der Waals surface area contributed by atoms with Crippen LogP contribution < -0.4 is 5.73 Å². The molecule has 0 radical (unpaired) electrons. The van der Waals surface area contributed by atoms with Gasteiger partial charge in [0.25, 0.3) is 0 Å². The van der Waals surface area contributed by atoms with Crippen molar-refractivity contribution in [2.45, 2.75) is 19.4 Å². The van der Waals surface area contributed by atoms with E-state index < -0.39 is 6.04 Å². The highest BCUT2D eigenvalue weighted by Gasteiger charge is 2.13. The number of rotatable bonds is 4. The van der Waals surface area contributed by atoms with Crippen LogP contribution in [0.1, 0.15) is 12.5 Å². The Kier molecular flexibility index (Phi) is 4.17. The van der Waals surface area contributed by atoms with E-state index in [-0.39, 0.29) is 5.91 Å². The summed E-state index contributed by atoms with van der Waals surface area (Å²) < 4.78 is 0. The van der Waals surface area contributed by atoms with E-state index >= 15 is 0 Å². The molecule has 0 heterocycles. The number of amides is 1. The zero-order chi connectivity index (χ0) is 13.8. The highest BCUT2D eigenvalue weighted by atomic mass is 16.2. The molecular formula is C16H20N2O. The van der Waals surface area contributed by atoms with Gasteiger partial charge < -0.3 is 10.6 Å². The standard InChI is InChI=1S/C16H20N2O/c1-12(17)16(19)18(2)11-10-14-8-5-7-13-6-3-4-9-15(13)14/h3-9,12H,10-11,17H2,1-2H3/t12-/m1/s1. The first-order valence-corrected chi connectivity index (χ1v) is 6.57. The minimum Gasteiger partial charge on any atom is -0.344 e. The Balaban J connectivity index is 2.12. The van der Waals surface area contributed by atoms with E-state index in [2.05, 4.69) is 30.3 Å². The Labute approximate surface area is 114 Å². The molecule has 0 saturated heterocycles. The van der Waals surface area contributed by atoms with Gasteiger partial charge in [-0.3, -0.25) is 4.79 Å². The van der Waals surface area contributed by atoms with Crippen molar-refractivity contribution in [2.75, 3.05) is 13.6 Å². The topological polar surface area (TPSA) is 46.3 Å². The molecule has 2 rings (SSSR count). The number of nitrogens with zero attached hydrogens (tertiary/aromatic N) is 1. The number of hydrogen-bond acceptors (Lipinski definition) is 2. The highest BCUT2D eigenvalue weighted by molar-refractivity contribution is 5.85. The second-order valence-electron chi connectivity index (χ2n) is 4.94. The third kappa shape index (κ3) is 3.12. The number of fused-ring (bicyclic) bond motifs is 1. The van der Waals surface area contributed by atoms with E-state index in [9.17, 15) is 4.79 Å². The lowest BCUT2D eigenvalue weighted by atomic mass is 10.0. The molecule has 100 valence electrons. The Morgan fingerprint density at radius 3 is 2.63 bits per heavy atom. The van der Waals surface area contributed by atoms with Gasteiger partial charge in [0.2, 0.25) is 5.91 Å². The van der Waals surface area contributed by atoms with Crippen molar-refractivity contribution in [3.05, 3.63) is 48.0 Å². The van der Waals surface area contributed by atoms with Crippen LogP contribution in [0.15, 0.2) is 42.5 Å². The van der Waals surface area contributed by atoms with Gasteiger partial charge in [0, 0.05) is 13.6 Å². The van der Waals surface area contributed by atoms with Crippen molar-refractivity contribution in [3.8, 4) is 0 Å². The molecule has 2 aromatic carbocycles. The van der Waals surface area contributed by atoms with Crippen LogP contribution in [0.4, 0.5) is 0 Å². The Bertz CT molecular complexity index is 572. The molecule has 19 heavy (non-hydrogen) atoms. The zero-order valence-electron chi connectivity index (χ0n) is 11.5. The lowest BCUT2D eigenvalue weighted by Crippen LogP contribution is -2.40. The molecule has 1 amide bonds. The number of carbonyl (C=O) groups is 1. The molecule has 0 aliphatic carbocycles. The molecule has 1 atom stereocenters. The summed E-state index contributed by atoms with van der Waals surface area (Å²) in [4.78, 5) is 13.4. The van der Waals surface area contributed by atoms with Crippen molar-refractivity contribution in [1.82, 2.24) is 4.90 Å². The maximum absolute atomic E-state index is 11.7. The summed E-state index contributed by atoms with van der Waals surface area (Å²) in [5.41, 5.74) is 6.87. The van der Waals surface area contributed by atoms with E-state index in [4.69, 9.17) is 5.73 Å². The van der Waals surface area contributed by atoms with Gasteiger partial charge >= 0.3 is 0 Å². The van der Waals surface area contributed by atoms with Crippen LogP contribution in [0.2, 0.25) is 0 Å². The second kappa shape index (κ2) is 5.85. The van der Waals surface area contributed by atoms with Crippen molar-refractivity contribution in [2.24, 2.45) is 5.73 Å². The first-order chi connectivity index (χ1) is 9.09. The quantitative estimate of drug-likeness (QED) is 0.911. The number of benzene rings is 2. The fraction of sp³-hybridized carbons (Fsp3) is 0.312. The van der Waals surface area contributed by atoms with Gasteiger partial charge in [-0.15, -0.1) is 0 Å². The zero-order valence-corrected chi connectivity index (χ0v) is 11.5. The number of nitrogens with two attached hydrogens (primary N) is 1. The summed E-state index contributed by atoms with van der Waals surface area (Å²) in [7, 11) is 1.80. The van der Waals surface area contributed by atoms with Crippen molar-refractivity contribution in [1.29, 1.82) is 0 Å². The maximum Gasteiger partial charge on any atom is 0.238 e. The van der Waals surface area contributed by atoms with Crippen LogP contribution in [0, 0.1) is 0 Å². The molecule has 0 unspecified atom stereocenters. The van der Waals surface area contributed by atoms with E-state index in [0.29, 0.717) is 6.54 Å². The van der Waals surface area contributed by atoms with Gasteiger partial charge in [-0.1, -0.05) is 42.5 Å². The fourth-order valence-electron chi connectivity index (χ4n) is 2.26. The molecule has 0 fully saturated rings. The van der Waals surface area contributed by atoms with Crippen molar-refractivity contribution in [3.63, 3.8) is 0 Å². The van der Waals surface area contributed by atoms with Crippen molar-refractivity contribution < 1.29 is 4.79 Å². The minimum absolute atomic E-state index is 0.0137. The second-order valence-corrected chi connectivity index (χ2v) is 4.94. The van der Waals surface area contributed by atoms with Gasteiger partial charge in [0.15, 0.2) is 0 Å². The molecule has 2 N–H and O–H groups in total. The van der Waals surface area contributed by atoms with E-state index in [1.54, 1.807) is 18.9 Å². The van der Waals surface area contributed by atoms with E-state index in [1.165, 1.54) is 16.3 Å². The van der Waals surface area contributed by atoms with Gasteiger partial charge in [-0.05, 0) is 29.7 Å². The largest absolute Gasteiger partial charge is 0.344 e. The highest BCUT2D eigenvalue weighted by Crippen LogP contribution is 2.19. The average molecular weight is 256 g/mol. The first kappa shape index (κ1) is 13.6. The van der Waals surface area contributed by atoms with Gasteiger partial charge in [-0.2, -0.15) is 0 Å². The van der Waals surface area contributed by atoms with Crippen LogP contribution >= 0.6 is 0 Å². The molecule has 3 nitrogen and oxygen atoms in total. The summed E-state index contributed by atoms with van der Waals surface area (Å²) in [6.07, 6.45) is 0.844. The normalized spacial score (nSPS) is 12.4. The number of likely N-dealkylation sites (N-methyl/N-ethyl adjacent to an activating group) is 1. The summed E-state index contributed by atoms with van der Waals surface area (Å²) in [5.74, 6) is -0.0137. The van der Waals surface area contributed by atoms with E-state index in [1.807, 2.05) is 12.1 Å². The van der Waals surface area contributed by atoms with Crippen LogP contribution in [0.5, 0.6) is 0 Å². The summed E-state index contributed by atoms with van der Waals surface area (Å²) in [5, 5.41) is 2.49. The minimum atomic E-state index is -0.433. The lowest BCUT2D eigenvalue weighted by molar-refractivity contribution is -0.130. The third-order valence-corrected chi connectivity index (χ3v) is 3.36. The maximum atomic E-state index is 11.7. The van der Waals surface area contributed by atoms with Crippen LogP contribution in [-0.4, -0.2) is 30.4 Å². The van der Waals surface area contributed by atoms with Gasteiger partial charge in [-0.25, -0.2) is 0 Å². The lowest BCUT2D eigenvalue weighted by Gasteiger charge is -2.19. The SMILES string of the molecule is C[C@@H](N)C(=O)N(C)CCc1cccc2ccccc12. The smallest absolute Gasteiger partial charge is 0.238 e.